The van der Waals surface area contributed by atoms with Crippen LogP contribution >= 0.6 is 0 Å². The van der Waals surface area contributed by atoms with Gasteiger partial charge in [-0.15, -0.1) is 0 Å². The molecule has 2 aromatic rings. The summed E-state index contributed by atoms with van der Waals surface area (Å²) in [7, 11) is 3.19. The van der Waals surface area contributed by atoms with Gasteiger partial charge in [-0.25, -0.2) is 0 Å². The van der Waals surface area contributed by atoms with Crippen LogP contribution in [0.15, 0.2) is 42.5 Å². The van der Waals surface area contributed by atoms with E-state index in [0.29, 0.717) is 29.2 Å². The van der Waals surface area contributed by atoms with E-state index in [0.717, 1.165) is 31.2 Å². The lowest BCUT2D eigenvalue weighted by molar-refractivity contribution is 0.0678. The summed E-state index contributed by atoms with van der Waals surface area (Å²) in [5, 5.41) is 11.1. The van der Waals surface area contributed by atoms with Gasteiger partial charge in [0.2, 0.25) is 0 Å². The van der Waals surface area contributed by atoms with Crippen molar-refractivity contribution in [1.29, 1.82) is 0 Å². The van der Waals surface area contributed by atoms with Crippen molar-refractivity contribution in [3.63, 3.8) is 0 Å². The second-order valence-corrected chi connectivity index (χ2v) is 7.83. The van der Waals surface area contributed by atoms with Gasteiger partial charge in [-0.3, -0.25) is 4.79 Å². The van der Waals surface area contributed by atoms with E-state index >= 15 is 0 Å². The fourth-order valence-electron chi connectivity index (χ4n) is 4.21. The molecule has 0 unspecified atom stereocenters. The van der Waals surface area contributed by atoms with Gasteiger partial charge >= 0.3 is 0 Å². The third-order valence-corrected chi connectivity index (χ3v) is 5.80. The van der Waals surface area contributed by atoms with E-state index in [1.54, 1.807) is 20.3 Å². The maximum absolute atomic E-state index is 12.9. The van der Waals surface area contributed by atoms with Crippen molar-refractivity contribution < 1.29 is 24.1 Å². The molecule has 1 aliphatic heterocycles. The number of rotatable bonds is 11. The summed E-state index contributed by atoms with van der Waals surface area (Å²) in [6.45, 7) is 2.17. The molecular formula is C25H32O5. The number of carbonyl (C=O) groups excluding carboxylic acids is 1. The summed E-state index contributed by atoms with van der Waals surface area (Å²) >= 11 is 0. The number of aliphatic hydroxyl groups excluding tert-OH is 1. The molecule has 1 aliphatic rings. The summed E-state index contributed by atoms with van der Waals surface area (Å²) in [5.74, 6) is 1.54. The van der Waals surface area contributed by atoms with E-state index in [4.69, 9.17) is 14.2 Å². The van der Waals surface area contributed by atoms with Gasteiger partial charge in [-0.2, -0.15) is 0 Å². The highest BCUT2D eigenvalue weighted by Gasteiger charge is 2.42. The number of ketones is 1. The second-order valence-electron chi connectivity index (χ2n) is 7.83. The van der Waals surface area contributed by atoms with Crippen LogP contribution in [0.25, 0.3) is 0 Å². The first-order chi connectivity index (χ1) is 14.6. The maximum Gasteiger partial charge on any atom is 0.166 e. The number of Topliss-reactive ketones (excluding diaryl/α,β-unsaturated/α-hetero) is 1. The van der Waals surface area contributed by atoms with Crippen LogP contribution in [0.4, 0.5) is 0 Å². The van der Waals surface area contributed by atoms with Crippen LogP contribution in [-0.4, -0.2) is 37.3 Å². The number of ether oxygens (including phenoxy) is 3. The van der Waals surface area contributed by atoms with E-state index in [1.807, 2.05) is 36.4 Å². The van der Waals surface area contributed by atoms with Crippen molar-refractivity contribution in [3.8, 4) is 17.2 Å². The summed E-state index contributed by atoms with van der Waals surface area (Å²) in [5.41, 5.74) is 1.48. The average molecular weight is 413 g/mol. The molecule has 1 N–H and O–H groups in total. The Balaban J connectivity index is 1.87. The zero-order valence-corrected chi connectivity index (χ0v) is 18.1. The van der Waals surface area contributed by atoms with E-state index < -0.39 is 12.2 Å². The minimum atomic E-state index is -0.612. The quantitative estimate of drug-likeness (QED) is 0.408. The topological polar surface area (TPSA) is 65.0 Å². The molecule has 0 fully saturated rings. The van der Waals surface area contributed by atoms with Crippen molar-refractivity contribution in [2.45, 2.75) is 63.6 Å². The molecule has 0 saturated carbocycles. The Morgan fingerprint density at radius 2 is 1.87 bits per heavy atom. The normalized spacial score (nSPS) is 18.4. The third-order valence-electron chi connectivity index (χ3n) is 5.80. The molecule has 0 radical (unpaired) electrons. The predicted octanol–water partition coefficient (Wildman–Crippen LogP) is 5.15. The molecular weight excluding hydrogens is 380 g/mol. The van der Waals surface area contributed by atoms with Gasteiger partial charge < -0.3 is 19.3 Å². The van der Waals surface area contributed by atoms with Crippen LogP contribution < -0.4 is 14.2 Å². The number of carbonyl (C=O) groups is 1. The molecule has 5 nitrogen and oxygen atoms in total. The monoisotopic (exact) mass is 412 g/mol. The zero-order valence-electron chi connectivity index (χ0n) is 18.1. The molecule has 1 heterocycles. The minimum absolute atomic E-state index is 0.00233. The first-order valence-electron chi connectivity index (χ1n) is 10.8. The molecule has 162 valence electrons. The Morgan fingerprint density at radius 1 is 1.10 bits per heavy atom. The van der Waals surface area contributed by atoms with Crippen molar-refractivity contribution in [3.05, 3.63) is 53.6 Å². The van der Waals surface area contributed by atoms with Crippen LogP contribution in [0.5, 0.6) is 17.2 Å². The van der Waals surface area contributed by atoms with Gasteiger partial charge in [-0.05, 0) is 6.42 Å². The Bertz CT molecular complexity index is 833. The number of benzene rings is 2. The summed E-state index contributed by atoms with van der Waals surface area (Å²) in [6, 6.07) is 12.8. The number of methoxy groups -OCH3 is 2. The van der Waals surface area contributed by atoms with E-state index in [1.165, 1.54) is 0 Å². The number of hydrogen-bond acceptors (Lipinski definition) is 5. The minimum Gasteiger partial charge on any atom is -0.496 e. The lowest BCUT2D eigenvalue weighted by atomic mass is 9.84. The highest BCUT2D eigenvalue weighted by Crippen LogP contribution is 2.49. The molecule has 0 aliphatic carbocycles. The smallest absolute Gasteiger partial charge is 0.166 e. The van der Waals surface area contributed by atoms with Gasteiger partial charge in [0.05, 0.1) is 26.2 Å². The maximum atomic E-state index is 12.9. The predicted molar refractivity (Wildman–Crippen MR) is 117 cm³/mol. The number of aliphatic hydroxyl groups is 1. The molecule has 3 atom stereocenters. The summed E-state index contributed by atoms with van der Waals surface area (Å²) in [6.07, 6.45) is 4.13. The molecule has 5 heteroatoms. The molecule has 0 amide bonds. The van der Waals surface area contributed by atoms with E-state index in [9.17, 15) is 9.90 Å². The van der Waals surface area contributed by atoms with Crippen LogP contribution in [0.3, 0.4) is 0 Å². The molecule has 0 saturated heterocycles. The van der Waals surface area contributed by atoms with Gasteiger partial charge in [0.15, 0.2) is 5.78 Å². The molecule has 0 bridgehead atoms. The van der Waals surface area contributed by atoms with Crippen LogP contribution in [0.1, 0.15) is 67.3 Å². The molecule has 2 aromatic carbocycles. The number of hydrogen-bond donors (Lipinski definition) is 1. The van der Waals surface area contributed by atoms with Crippen molar-refractivity contribution in [1.82, 2.24) is 0 Å². The zero-order chi connectivity index (χ0) is 21.5. The largest absolute Gasteiger partial charge is 0.496 e. The number of unbranched alkanes of at least 4 members (excludes halogenated alkanes) is 3. The van der Waals surface area contributed by atoms with E-state index in [-0.39, 0.29) is 18.1 Å². The highest BCUT2D eigenvalue weighted by molar-refractivity contribution is 5.96. The third kappa shape index (κ3) is 4.96. The Hall–Kier alpha value is -2.53. The number of fused-ring (bicyclic) bond motifs is 1. The summed E-state index contributed by atoms with van der Waals surface area (Å²) < 4.78 is 17.2. The van der Waals surface area contributed by atoms with Crippen LogP contribution in [-0.2, 0) is 0 Å². The standard InChI is InChI=1S/C25H32O5/c1-4-5-6-10-13-19(26)24-23(16-20(27)17-11-8-7-9-12-17)30-22-15-18(28-2)14-21(29-3)25(22)24/h7-9,11-12,14-15,19,23-24,26H,4-6,10,13,16H2,1-3H3/t19-,23-,24-/m1/s1. The van der Waals surface area contributed by atoms with Gasteiger partial charge in [0.1, 0.15) is 23.4 Å². The van der Waals surface area contributed by atoms with Crippen molar-refractivity contribution in [2.24, 2.45) is 0 Å². The molecule has 3 rings (SSSR count). The SMILES string of the molecule is CCCCCC[C@@H](O)[C@H]1c2c(OC)cc(OC)cc2O[C@@H]1CC(=O)c1ccccc1. The van der Waals surface area contributed by atoms with Crippen LogP contribution in [0.2, 0.25) is 0 Å². The summed E-state index contributed by atoms with van der Waals surface area (Å²) in [4.78, 5) is 12.9. The van der Waals surface area contributed by atoms with Crippen molar-refractivity contribution >= 4 is 5.78 Å². The lowest BCUT2D eigenvalue weighted by Gasteiger charge is -2.24. The van der Waals surface area contributed by atoms with Crippen LogP contribution in [0, 0.1) is 0 Å². The van der Waals surface area contributed by atoms with Gasteiger partial charge in [-0.1, -0.05) is 62.9 Å². The lowest BCUT2D eigenvalue weighted by Crippen LogP contribution is -2.31. The van der Waals surface area contributed by atoms with Crippen molar-refractivity contribution in [2.75, 3.05) is 14.2 Å². The molecule has 0 spiro atoms. The highest BCUT2D eigenvalue weighted by atomic mass is 16.5. The van der Waals surface area contributed by atoms with Gasteiger partial charge in [0, 0.05) is 29.7 Å². The Morgan fingerprint density at radius 3 is 2.53 bits per heavy atom. The first-order valence-corrected chi connectivity index (χ1v) is 10.8. The van der Waals surface area contributed by atoms with Gasteiger partial charge in [0.25, 0.3) is 0 Å². The fraction of sp³-hybridized carbons (Fsp3) is 0.480. The first kappa shape index (κ1) is 22.2. The average Bonchev–Trinajstić information content (AvgIpc) is 3.14. The second kappa shape index (κ2) is 10.5. The Kier molecular flexibility index (Phi) is 7.75. The Labute approximate surface area is 179 Å². The molecule has 0 aromatic heterocycles. The van der Waals surface area contributed by atoms with E-state index in [2.05, 4.69) is 6.92 Å². The molecule has 30 heavy (non-hydrogen) atoms. The fourth-order valence-corrected chi connectivity index (χ4v) is 4.21.